The number of hydrogen-bond acceptors (Lipinski definition) is 3. The normalized spacial score (nSPS) is 11.1. The molecular weight excluding hydrogens is 307 g/mol. The Hall–Kier alpha value is -1.13. The molecule has 21 heavy (non-hydrogen) atoms. The van der Waals surface area contributed by atoms with Gasteiger partial charge in [-0.25, -0.2) is 0 Å². The van der Waals surface area contributed by atoms with Crippen LogP contribution in [-0.2, 0) is 4.74 Å². The Labute approximate surface area is 139 Å². The fourth-order valence-corrected chi connectivity index (χ4v) is 2.09. The third-order valence-electron chi connectivity index (χ3n) is 3.05. The first-order valence-electron chi connectivity index (χ1n) is 6.59. The van der Waals surface area contributed by atoms with E-state index in [0.29, 0.717) is 0 Å². The van der Waals surface area contributed by atoms with E-state index in [2.05, 4.69) is 46.7 Å². The Balaban J connectivity index is 0.00000200. The van der Waals surface area contributed by atoms with Crippen LogP contribution in [0, 0.1) is 0 Å². The van der Waals surface area contributed by atoms with Crippen molar-refractivity contribution in [3.05, 3.63) is 66.0 Å². The van der Waals surface area contributed by atoms with Crippen molar-refractivity contribution in [1.29, 1.82) is 0 Å². The maximum Gasteiger partial charge on any atom is 0.0577 e. The lowest BCUT2D eigenvalue weighted by Gasteiger charge is -2.19. The molecule has 1 unspecified atom stereocenters. The van der Waals surface area contributed by atoms with Crippen LogP contribution in [-0.4, -0.2) is 25.2 Å². The number of methoxy groups -OCH3 is 1. The minimum absolute atomic E-state index is 0. The summed E-state index contributed by atoms with van der Waals surface area (Å²) < 4.78 is 5.09. The van der Waals surface area contributed by atoms with Gasteiger partial charge in [0.1, 0.15) is 0 Å². The van der Waals surface area contributed by atoms with Crippen molar-refractivity contribution in [2.75, 3.05) is 20.3 Å². The second-order valence-electron chi connectivity index (χ2n) is 4.42. The van der Waals surface area contributed by atoms with E-state index in [1.54, 1.807) is 7.11 Å². The van der Waals surface area contributed by atoms with Gasteiger partial charge in [-0.1, -0.05) is 30.3 Å². The first-order chi connectivity index (χ1) is 9.42. The smallest absolute Gasteiger partial charge is 0.0577 e. The van der Waals surface area contributed by atoms with Crippen LogP contribution in [0.15, 0.2) is 54.9 Å². The van der Waals surface area contributed by atoms with Gasteiger partial charge in [0.15, 0.2) is 0 Å². The third kappa shape index (κ3) is 6.44. The number of nitrogens with one attached hydrogen (secondary N) is 1. The quantitative estimate of drug-likeness (QED) is 0.788. The molecule has 0 saturated carbocycles. The van der Waals surface area contributed by atoms with Crippen molar-refractivity contribution in [3.63, 3.8) is 0 Å². The van der Waals surface area contributed by atoms with E-state index in [-0.39, 0.29) is 30.9 Å². The molecule has 0 fully saturated rings. The van der Waals surface area contributed by atoms with Crippen LogP contribution < -0.4 is 5.32 Å². The first-order valence-corrected chi connectivity index (χ1v) is 6.59. The molecule has 3 nitrogen and oxygen atoms in total. The van der Waals surface area contributed by atoms with Crippen LogP contribution >= 0.6 is 24.8 Å². The van der Waals surface area contributed by atoms with Gasteiger partial charge in [-0.3, -0.25) is 4.98 Å². The standard InChI is InChI=1S/C16H20N2O.2ClH/c1-19-13-5-10-18-16(14-6-3-2-4-7-14)15-8-11-17-12-9-15;;/h2-4,6-9,11-12,16,18H,5,10,13H2,1H3;2*1H. The van der Waals surface area contributed by atoms with Crippen molar-refractivity contribution >= 4 is 24.8 Å². The van der Waals surface area contributed by atoms with Gasteiger partial charge in [0.05, 0.1) is 6.04 Å². The Morgan fingerprint density at radius 1 is 1.00 bits per heavy atom. The summed E-state index contributed by atoms with van der Waals surface area (Å²) in [5, 5.41) is 3.58. The highest BCUT2D eigenvalue weighted by Crippen LogP contribution is 2.20. The van der Waals surface area contributed by atoms with Crippen LogP contribution in [0.3, 0.4) is 0 Å². The van der Waals surface area contributed by atoms with E-state index in [1.807, 2.05) is 18.5 Å². The molecule has 2 rings (SSSR count). The third-order valence-corrected chi connectivity index (χ3v) is 3.05. The zero-order chi connectivity index (χ0) is 13.3. The molecule has 1 atom stereocenters. The molecule has 5 heteroatoms. The van der Waals surface area contributed by atoms with E-state index in [0.717, 1.165) is 19.6 Å². The molecule has 1 aromatic carbocycles. The van der Waals surface area contributed by atoms with Crippen molar-refractivity contribution in [2.45, 2.75) is 12.5 Å². The minimum Gasteiger partial charge on any atom is -0.385 e. The fraction of sp³-hybridized carbons (Fsp3) is 0.312. The summed E-state index contributed by atoms with van der Waals surface area (Å²) in [7, 11) is 1.73. The van der Waals surface area contributed by atoms with Crippen LogP contribution in [0.2, 0.25) is 0 Å². The molecule has 1 heterocycles. The Morgan fingerprint density at radius 2 is 1.62 bits per heavy atom. The average molecular weight is 329 g/mol. The van der Waals surface area contributed by atoms with Crippen molar-refractivity contribution in [2.24, 2.45) is 0 Å². The van der Waals surface area contributed by atoms with Gasteiger partial charge >= 0.3 is 0 Å². The lowest BCUT2D eigenvalue weighted by molar-refractivity contribution is 0.193. The van der Waals surface area contributed by atoms with Crippen molar-refractivity contribution in [1.82, 2.24) is 10.3 Å². The Kier molecular flexibility index (Phi) is 10.9. The van der Waals surface area contributed by atoms with E-state index < -0.39 is 0 Å². The summed E-state index contributed by atoms with van der Waals surface area (Å²) in [5.41, 5.74) is 2.50. The molecule has 0 saturated heterocycles. The topological polar surface area (TPSA) is 34.1 Å². The Morgan fingerprint density at radius 3 is 2.24 bits per heavy atom. The first kappa shape index (κ1) is 19.9. The summed E-state index contributed by atoms with van der Waals surface area (Å²) in [6.07, 6.45) is 4.68. The van der Waals surface area contributed by atoms with E-state index >= 15 is 0 Å². The molecule has 1 aromatic heterocycles. The summed E-state index contributed by atoms with van der Waals surface area (Å²) in [4.78, 5) is 4.08. The second-order valence-corrected chi connectivity index (χ2v) is 4.42. The molecule has 0 aliphatic heterocycles. The number of ether oxygens (including phenoxy) is 1. The maximum absolute atomic E-state index is 5.09. The molecule has 1 N–H and O–H groups in total. The van der Waals surface area contributed by atoms with Gasteiger partial charge < -0.3 is 10.1 Å². The highest BCUT2D eigenvalue weighted by molar-refractivity contribution is 5.85. The lowest BCUT2D eigenvalue weighted by Crippen LogP contribution is -2.24. The zero-order valence-electron chi connectivity index (χ0n) is 12.1. The van der Waals surface area contributed by atoms with Crippen LogP contribution in [0.25, 0.3) is 0 Å². The molecule has 0 spiro atoms. The predicted molar refractivity (Wildman–Crippen MR) is 91.5 cm³/mol. The van der Waals surface area contributed by atoms with Crippen LogP contribution in [0.5, 0.6) is 0 Å². The fourth-order valence-electron chi connectivity index (χ4n) is 2.09. The highest BCUT2D eigenvalue weighted by atomic mass is 35.5. The SMILES string of the molecule is COCCCNC(c1ccccc1)c1ccncc1.Cl.Cl. The summed E-state index contributed by atoms with van der Waals surface area (Å²) in [6, 6.07) is 14.8. The number of aromatic nitrogens is 1. The number of benzene rings is 1. The van der Waals surface area contributed by atoms with Crippen molar-refractivity contribution in [3.8, 4) is 0 Å². The molecule has 0 amide bonds. The highest BCUT2D eigenvalue weighted by Gasteiger charge is 2.12. The van der Waals surface area contributed by atoms with Gasteiger partial charge in [0, 0.05) is 26.1 Å². The van der Waals surface area contributed by atoms with E-state index in [4.69, 9.17) is 4.74 Å². The second kappa shape index (κ2) is 11.5. The van der Waals surface area contributed by atoms with Gasteiger partial charge in [-0.2, -0.15) is 0 Å². The zero-order valence-corrected chi connectivity index (χ0v) is 13.7. The van der Waals surface area contributed by atoms with Gasteiger partial charge in [-0.05, 0) is 36.2 Å². The molecule has 0 aliphatic carbocycles. The Bertz CT molecular complexity index is 429. The number of rotatable bonds is 7. The number of halogens is 2. The largest absolute Gasteiger partial charge is 0.385 e. The molecule has 116 valence electrons. The number of nitrogens with zero attached hydrogens (tertiary/aromatic N) is 1. The van der Waals surface area contributed by atoms with Gasteiger partial charge in [0.25, 0.3) is 0 Å². The maximum atomic E-state index is 5.09. The molecule has 2 aromatic rings. The average Bonchev–Trinajstić information content (AvgIpc) is 2.49. The monoisotopic (exact) mass is 328 g/mol. The van der Waals surface area contributed by atoms with Crippen molar-refractivity contribution < 1.29 is 4.74 Å². The number of hydrogen-bond donors (Lipinski definition) is 1. The predicted octanol–water partition coefficient (Wildman–Crippen LogP) is 3.64. The van der Waals surface area contributed by atoms with Crippen LogP contribution in [0.1, 0.15) is 23.6 Å². The minimum atomic E-state index is 0. The number of pyridine rings is 1. The van der Waals surface area contributed by atoms with Gasteiger partial charge in [0.2, 0.25) is 0 Å². The van der Waals surface area contributed by atoms with Gasteiger partial charge in [-0.15, -0.1) is 24.8 Å². The summed E-state index contributed by atoms with van der Waals surface area (Å²) in [5.74, 6) is 0. The molecule has 0 radical (unpaired) electrons. The van der Waals surface area contributed by atoms with E-state index in [9.17, 15) is 0 Å². The van der Waals surface area contributed by atoms with Crippen LogP contribution in [0.4, 0.5) is 0 Å². The molecular formula is C16H22Cl2N2O. The summed E-state index contributed by atoms with van der Waals surface area (Å²) in [6.45, 7) is 1.71. The molecule has 0 bridgehead atoms. The lowest BCUT2D eigenvalue weighted by atomic mass is 9.99. The van der Waals surface area contributed by atoms with E-state index in [1.165, 1.54) is 11.1 Å². The molecule has 0 aliphatic rings. The summed E-state index contributed by atoms with van der Waals surface area (Å²) >= 11 is 0.